The zero-order chi connectivity index (χ0) is 10.8. The van der Waals surface area contributed by atoms with Crippen molar-refractivity contribution in [3.05, 3.63) is 22.4 Å². The minimum absolute atomic E-state index is 0.0494. The molecular formula is C9H14N4O2. The van der Waals surface area contributed by atoms with Gasteiger partial charge < -0.3 is 20.6 Å². The van der Waals surface area contributed by atoms with E-state index in [2.05, 4.69) is 9.97 Å². The van der Waals surface area contributed by atoms with Crippen molar-refractivity contribution in [2.45, 2.75) is 18.9 Å². The van der Waals surface area contributed by atoms with Gasteiger partial charge in [0.15, 0.2) is 0 Å². The van der Waals surface area contributed by atoms with Gasteiger partial charge in [-0.25, -0.2) is 4.79 Å². The number of nitrogens with two attached hydrogens (primary N) is 1. The zero-order valence-corrected chi connectivity index (χ0v) is 8.32. The van der Waals surface area contributed by atoms with E-state index in [1.54, 1.807) is 4.90 Å². The van der Waals surface area contributed by atoms with Crippen LogP contribution < -0.4 is 11.4 Å². The van der Waals surface area contributed by atoms with Crippen LogP contribution in [-0.2, 0) is 0 Å². The topological polar surface area (TPSA) is 95.0 Å². The van der Waals surface area contributed by atoms with Crippen LogP contribution in [0.1, 0.15) is 23.3 Å². The van der Waals surface area contributed by atoms with E-state index in [0.717, 1.165) is 12.8 Å². The first-order valence-electron chi connectivity index (χ1n) is 4.99. The number of aromatic nitrogens is 2. The number of likely N-dealkylation sites (tertiary alicyclic amines) is 1. The predicted octanol–water partition coefficient (Wildman–Crippen LogP) is -0.734. The van der Waals surface area contributed by atoms with Gasteiger partial charge in [-0.3, -0.25) is 4.79 Å². The molecule has 1 aliphatic heterocycles. The summed E-state index contributed by atoms with van der Waals surface area (Å²) in [6, 6.07) is 0.0494. The molecule has 1 amide bonds. The summed E-state index contributed by atoms with van der Waals surface area (Å²) in [5, 5.41) is 0. The lowest BCUT2D eigenvalue weighted by molar-refractivity contribution is 0.0703. The van der Waals surface area contributed by atoms with Gasteiger partial charge in [0.1, 0.15) is 5.69 Å². The molecule has 6 nitrogen and oxygen atoms in total. The van der Waals surface area contributed by atoms with Crippen molar-refractivity contribution in [1.29, 1.82) is 0 Å². The van der Waals surface area contributed by atoms with Crippen LogP contribution in [0.3, 0.4) is 0 Å². The number of H-pyrrole nitrogens is 2. The van der Waals surface area contributed by atoms with Crippen LogP contribution in [0.15, 0.2) is 11.0 Å². The molecule has 1 aromatic heterocycles. The summed E-state index contributed by atoms with van der Waals surface area (Å²) in [5.41, 5.74) is 5.71. The smallest absolute Gasteiger partial charge is 0.323 e. The molecule has 15 heavy (non-hydrogen) atoms. The average molecular weight is 210 g/mol. The number of amides is 1. The van der Waals surface area contributed by atoms with Crippen molar-refractivity contribution in [3.63, 3.8) is 0 Å². The molecule has 1 saturated heterocycles. The van der Waals surface area contributed by atoms with Gasteiger partial charge in [-0.1, -0.05) is 0 Å². The number of rotatable bonds is 1. The molecule has 1 aromatic rings. The van der Waals surface area contributed by atoms with Gasteiger partial charge >= 0.3 is 5.69 Å². The summed E-state index contributed by atoms with van der Waals surface area (Å²) in [6.07, 6.45) is 3.26. The van der Waals surface area contributed by atoms with Crippen molar-refractivity contribution in [2.24, 2.45) is 5.73 Å². The highest BCUT2D eigenvalue weighted by atomic mass is 16.2. The van der Waals surface area contributed by atoms with E-state index in [-0.39, 0.29) is 17.6 Å². The first-order valence-corrected chi connectivity index (χ1v) is 4.99. The Morgan fingerprint density at radius 3 is 3.00 bits per heavy atom. The molecule has 0 aliphatic carbocycles. The Bertz CT molecular complexity index is 408. The second-order valence-electron chi connectivity index (χ2n) is 3.81. The van der Waals surface area contributed by atoms with Crippen LogP contribution in [0.4, 0.5) is 0 Å². The van der Waals surface area contributed by atoms with Crippen molar-refractivity contribution in [1.82, 2.24) is 14.9 Å². The van der Waals surface area contributed by atoms with Gasteiger partial charge in [0, 0.05) is 25.3 Å². The molecule has 0 radical (unpaired) electrons. The maximum Gasteiger partial charge on any atom is 0.323 e. The highest BCUT2D eigenvalue weighted by molar-refractivity contribution is 5.92. The van der Waals surface area contributed by atoms with Gasteiger partial charge in [-0.05, 0) is 12.8 Å². The number of hydrogen-bond acceptors (Lipinski definition) is 3. The Balaban J connectivity index is 2.10. The molecule has 2 rings (SSSR count). The fraction of sp³-hybridized carbons (Fsp3) is 0.556. The van der Waals surface area contributed by atoms with Gasteiger partial charge in [0.2, 0.25) is 0 Å². The Morgan fingerprint density at radius 1 is 1.60 bits per heavy atom. The standard InChI is InChI=1S/C9H14N4O2/c10-6-2-1-3-13(5-6)8(14)7-4-11-9(15)12-7/h4,6H,1-3,5,10H2,(H2,11,12,15). The third-order valence-corrected chi connectivity index (χ3v) is 2.57. The third kappa shape index (κ3) is 2.10. The van der Waals surface area contributed by atoms with Gasteiger partial charge in [-0.15, -0.1) is 0 Å². The van der Waals surface area contributed by atoms with E-state index in [4.69, 9.17) is 5.73 Å². The molecule has 6 heteroatoms. The van der Waals surface area contributed by atoms with Crippen LogP contribution in [0.5, 0.6) is 0 Å². The van der Waals surface area contributed by atoms with Gasteiger partial charge in [0.25, 0.3) is 5.91 Å². The van der Waals surface area contributed by atoms with Crippen LogP contribution in [0.2, 0.25) is 0 Å². The summed E-state index contributed by atoms with van der Waals surface area (Å²) >= 11 is 0. The lowest BCUT2D eigenvalue weighted by atomic mass is 10.1. The van der Waals surface area contributed by atoms with Crippen molar-refractivity contribution in [2.75, 3.05) is 13.1 Å². The number of nitrogens with zero attached hydrogens (tertiary/aromatic N) is 1. The maximum absolute atomic E-state index is 11.8. The number of carbonyl (C=O) groups excluding carboxylic acids is 1. The quantitative estimate of drug-likeness (QED) is 0.570. The molecule has 0 saturated carbocycles. The fourth-order valence-electron chi connectivity index (χ4n) is 1.81. The molecule has 1 unspecified atom stereocenters. The Kier molecular flexibility index (Phi) is 2.59. The Hall–Kier alpha value is -1.56. The molecule has 2 heterocycles. The number of aromatic amines is 2. The summed E-state index contributed by atoms with van der Waals surface area (Å²) in [6.45, 7) is 1.27. The highest BCUT2D eigenvalue weighted by Gasteiger charge is 2.23. The van der Waals surface area contributed by atoms with Crippen molar-refractivity contribution in [3.8, 4) is 0 Å². The molecule has 0 aromatic carbocycles. The van der Waals surface area contributed by atoms with Crippen LogP contribution in [0, 0.1) is 0 Å². The largest absolute Gasteiger partial charge is 0.336 e. The highest BCUT2D eigenvalue weighted by Crippen LogP contribution is 2.10. The van der Waals surface area contributed by atoms with Crippen LogP contribution >= 0.6 is 0 Å². The summed E-state index contributed by atoms with van der Waals surface area (Å²) in [7, 11) is 0. The van der Waals surface area contributed by atoms with Gasteiger partial charge in [0.05, 0.1) is 0 Å². The van der Waals surface area contributed by atoms with E-state index in [1.165, 1.54) is 6.20 Å². The molecule has 0 spiro atoms. The third-order valence-electron chi connectivity index (χ3n) is 2.57. The second-order valence-corrected chi connectivity index (χ2v) is 3.81. The lowest BCUT2D eigenvalue weighted by Gasteiger charge is -2.30. The van der Waals surface area contributed by atoms with Crippen molar-refractivity contribution >= 4 is 5.91 Å². The molecule has 1 atom stereocenters. The Morgan fingerprint density at radius 2 is 2.40 bits per heavy atom. The number of nitrogens with one attached hydrogen (secondary N) is 2. The molecule has 82 valence electrons. The first-order chi connectivity index (χ1) is 7.16. The van der Waals surface area contributed by atoms with Gasteiger partial charge in [-0.2, -0.15) is 0 Å². The number of piperidine rings is 1. The monoisotopic (exact) mass is 210 g/mol. The zero-order valence-electron chi connectivity index (χ0n) is 8.32. The minimum Gasteiger partial charge on any atom is -0.336 e. The average Bonchev–Trinajstić information content (AvgIpc) is 2.64. The summed E-state index contributed by atoms with van der Waals surface area (Å²) < 4.78 is 0. The van der Waals surface area contributed by atoms with E-state index in [9.17, 15) is 9.59 Å². The van der Waals surface area contributed by atoms with E-state index < -0.39 is 0 Å². The maximum atomic E-state index is 11.8. The van der Waals surface area contributed by atoms with Crippen LogP contribution in [-0.4, -0.2) is 39.9 Å². The molecule has 4 N–H and O–H groups in total. The summed E-state index contributed by atoms with van der Waals surface area (Å²) in [5.74, 6) is -0.163. The normalized spacial score (nSPS) is 21.7. The van der Waals surface area contributed by atoms with Crippen molar-refractivity contribution < 1.29 is 4.79 Å². The Labute approximate surface area is 86.5 Å². The number of imidazole rings is 1. The SMILES string of the molecule is NC1CCCN(C(=O)c2c[nH]c(=O)[nH]2)C1. The minimum atomic E-state index is -0.361. The van der Waals surface area contributed by atoms with E-state index >= 15 is 0 Å². The van der Waals surface area contributed by atoms with E-state index in [0.29, 0.717) is 18.8 Å². The fourth-order valence-corrected chi connectivity index (χ4v) is 1.81. The molecule has 0 bridgehead atoms. The first kappa shape index (κ1) is 9.97. The second kappa shape index (κ2) is 3.90. The van der Waals surface area contributed by atoms with E-state index in [1.807, 2.05) is 0 Å². The number of carbonyl (C=O) groups is 1. The molecular weight excluding hydrogens is 196 g/mol. The predicted molar refractivity (Wildman–Crippen MR) is 54.5 cm³/mol. The molecule has 1 aliphatic rings. The molecule has 1 fully saturated rings. The summed E-state index contributed by atoms with van der Waals surface area (Å²) in [4.78, 5) is 29.2. The lowest BCUT2D eigenvalue weighted by Crippen LogP contribution is -2.45. The number of hydrogen-bond donors (Lipinski definition) is 3. The van der Waals surface area contributed by atoms with Crippen LogP contribution in [0.25, 0.3) is 0 Å².